The van der Waals surface area contributed by atoms with E-state index in [9.17, 15) is 4.79 Å². The number of carbonyl (C=O) groups is 1. The van der Waals surface area contributed by atoms with Crippen molar-refractivity contribution in [1.29, 1.82) is 5.26 Å². The molecule has 3 aliphatic heterocycles. The smallest absolute Gasteiger partial charge is 0.307 e. The van der Waals surface area contributed by atoms with E-state index in [2.05, 4.69) is 21.3 Å². The number of amides is 1. The summed E-state index contributed by atoms with van der Waals surface area (Å²) in [7, 11) is 0. The third kappa shape index (κ3) is 2.79. The van der Waals surface area contributed by atoms with Crippen LogP contribution in [0.15, 0.2) is 34.9 Å². The Morgan fingerprint density at radius 3 is 2.92 bits per heavy atom. The SMILES string of the molecule is N#Cc1cccc(-c2cnc(C(=O)NC3CN4CCC3CC4)o2)c1. The molecular weight excluding hydrogens is 304 g/mol. The lowest BCUT2D eigenvalue weighted by Crippen LogP contribution is -2.57. The third-order valence-corrected chi connectivity index (χ3v) is 4.95. The molecule has 1 amide bonds. The topological polar surface area (TPSA) is 82.2 Å². The van der Waals surface area contributed by atoms with Crippen molar-refractivity contribution in [2.45, 2.75) is 18.9 Å². The van der Waals surface area contributed by atoms with Crippen molar-refractivity contribution in [2.75, 3.05) is 19.6 Å². The van der Waals surface area contributed by atoms with Gasteiger partial charge in [-0.15, -0.1) is 0 Å². The predicted molar refractivity (Wildman–Crippen MR) is 87.1 cm³/mol. The van der Waals surface area contributed by atoms with Crippen LogP contribution in [0, 0.1) is 17.2 Å². The molecule has 3 aliphatic rings. The lowest BCUT2D eigenvalue weighted by Gasteiger charge is -2.44. The van der Waals surface area contributed by atoms with E-state index in [0.29, 0.717) is 17.2 Å². The summed E-state index contributed by atoms with van der Waals surface area (Å²) in [5, 5.41) is 12.0. The molecule has 3 saturated heterocycles. The molecule has 0 aliphatic carbocycles. The van der Waals surface area contributed by atoms with Gasteiger partial charge in [-0.2, -0.15) is 5.26 Å². The first-order chi connectivity index (χ1) is 11.7. The van der Waals surface area contributed by atoms with Gasteiger partial charge in [-0.3, -0.25) is 4.79 Å². The van der Waals surface area contributed by atoms with E-state index in [-0.39, 0.29) is 17.8 Å². The molecule has 0 spiro atoms. The van der Waals surface area contributed by atoms with Crippen molar-refractivity contribution in [3.63, 3.8) is 0 Å². The zero-order chi connectivity index (χ0) is 16.5. The molecule has 6 nitrogen and oxygen atoms in total. The van der Waals surface area contributed by atoms with Crippen LogP contribution in [0.5, 0.6) is 0 Å². The summed E-state index contributed by atoms with van der Waals surface area (Å²) in [5.41, 5.74) is 1.28. The zero-order valence-electron chi connectivity index (χ0n) is 13.2. The largest absolute Gasteiger partial charge is 0.432 e. The van der Waals surface area contributed by atoms with Gasteiger partial charge in [0.15, 0.2) is 5.76 Å². The average molecular weight is 322 g/mol. The minimum absolute atomic E-state index is 0.0730. The number of carbonyl (C=O) groups excluding carboxylic acids is 1. The maximum Gasteiger partial charge on any atom is 0.307 e. The van der Waals surface area contributed by atoms with Crippen LogP contribution in [0.3, 0.4) is 0 Å². The lowest BCUT2D eigenvalue weighted by molar-refractivity contribution is 0.0602. The highest BCUT2D eigenvalue weighted by molar-refractivity contribution is 5.90. The monoisotopic (exact) mass is 322 g/mol. The summed E-state index contributed by atoms with van der Waals surface area (Å²) in [6.45, 7) is 3.18. The van der Waals surface area contributed by atoms with E-state index < -0.39 is 0 Å². The number of oxazole rings is 1. The highest BCUT2D eigenvalue weighted by Gasteiger charge is 2.35. The molecule has 24 heavy (non-hydrogen) atoms. The molecule has 1 aromatic carbocycles. The predicted octanol–water partition coefficient (Wildman–Crippen LogP) is 2.04. The second kappa shape index (κ2) is 6.10. The van der Waals surface area contributed by atoms with E-state index >= 15 is 0 Å². The fraction of sp³-hybridized carbons (Fsp3) is 0.389. The molecular formula is C18H18N4O2. The van der Waals surface area contributed by atoms with Gasteiger partial charge >= 0.3 is 5.91 Å². The Bertz CT molecular complexity index is 799. The molecule has 0 radical (unpaired) electrons. The summed E-state index contributed by atoms with van der Waals surface area (Å²) in [6, 6.07) is 9.32. The van der Waals surface area contributed by atoms with Crippen molar-refractivity contribution in [3.8, 4) is 17.4 Å². The molecule has 1 N–H and O–H groups in total. The summed E-state index contributed by atoms with van der Waals surface area (Å²) >= 11 is 0. The molecule has 122 valence electrons. The van der Waals surface area contributed by atoms with Crippen molar-refractivity contribution in [3.05, 3.63) is 41.9 Å². The summed E-state index contributed by atoms with van der Waals surface area (Å²) < 4.78 is 5.61. The van der Waals surface area contributed by atoms with Crippen molar-refractivity contribution < 1.29 is 9.21 Å². The Labute approximate surface area is 140 Å². The van der Waals surface area contributed by atoms with E-state index in [4.69, 9.17) is 9.68 Å². The Balaban J connectivity index is 1.48. The average Bonchev–Trinajstić information content (AvgIpc) is 3.13. The fourth-order valence-electron chi connectivity index (χ4n) is 3.61. The van der Waals surface area contributed by atoms with E-state index in [1.165, 1.54) is 6.20 Å². The number of rotatable bonds is 3. The number of hydrogen-bond acceptors (Lipinski definition) is 5. The number of nitriles is 1. The van der Waals surface area contributed by atoms with Crippen LogP contribution in [-0.2, 0) is 0 Å². The van der Waals surface area contributed by atoms with Crippen LogP contribution < -0.4 is 5.32 Å². The quantitative estimate of drug-likeness (QED) is 0.935. The van der Waals surface area contributed by atoms with Crippen molar-refractivity contribution >= 4 is 5.91 Å². The Morgan fingerprint density at radius 2 is 2.21 bits per heavy atom. The van der Waals surface area contributed by atoms with Gasteiger partial charge < -0.3 is 14.6 Å². The molecule has 1 atom stereocenters. The molecule has 4 heterocycles. The first kappa shape index (κ1) is 14.9. The van der Waals surface area contributed by atoms with Crippen molar-refractivity contribution in [2.24, 2.45) is 5.92 Å². The van der Waals surface area contributed by atoms with Crippen LogP contribution in [0.1, 0.15) is 29.1 Å². The fourth-order valence-corrected chi connectivity index (χ4v) is 3.61. The first-order valence-electron chi connectivity index (χ1n) is 8.22. The molecule has 0 saturated carbocycles. The Kier molecular flexibility index (Phi) is 3.79. The van der Waals surface area contributed by atoms with Gasteiger partial charge in [0, 0.05) is 18.2 Å². The van der Waals surface area contributed by atoms with Gasteiger partial charge in [-0.1, -0.05) is 12.1 Å². The number of nitrogens with one attached hydrogen (secondary N) is 1. The Hall–Kier alpha value is -2.65. The lowest BCUT2D eigenvalue weighted by atomic mass is 9.84. The van der Waals surface area contributed by atoms with Gasteiger partial charge in [-0.05, 0) is 44.0 Å². The standard InChI is InChI=1S/C18H18N4O2/c19-9-12-2-1-3-14(8-12)16-10-20-18(24-16)17(23)21-15-11-22-6-4-13(15)5-7-22/h1-3,8,10,13,15H,4-7,11H2,(H,21,23). The third-order valence-electron chi connectivity index (χ3n) is 4.95. The Morgan fingerprint density at radius 1 is 1.38 bits per heavy atom. The number of nitrogens with zero attached hydrogens (tertiary/aromatic N) is 3. The maximum absolute atomic E-state index is 12.4. The molecule has 3 fully saturated rings. The molecule has 1 aromatic heterocycles. The second-order valence-electron chi connectivity index (χ2n) is 6.44. The minimum Gasteiger partial charge on any atom is -0.432 e. The normalized spacial score (nSPS) is 25.2. The van der Waals surface area contributed by atoms with Crippen LogP contribution in [0.2, 0.25) is 0 Å². The van der Waals surface area contributed by atoms with Gasteiger partial charge in [-0.25, -0.2) is 4.98 Å². The van der Waals surface area contributed by atoms with Crippen LogP contribution in [-0.4, -0.2) is 41.5 Å². The zero-order valence-corrected chi connectivity index (χ0v) is 13.2. The van der Waals surface area contributed by atoms with Crippen LogP contribution >= 0.6 is 0 Å². The van der Waals surface area contributed by atoms with Gasteiger partial charge in [0.1, 0.15) is 0 Å². The van der Waals surface area contributed by atoms with Crippen LogP contribution in [0.25, 0.3) is 11.3 Å². The van der Waals surface area contributed by atoms with Crippen LogP contribution in [0.4, 0.5) is 0 Å². The molecule has 5 rings (SSSR count). The summed E-state index contributed by atoms with van der Waals surface area (Å²) in [4.78, 5) is 18.9. The number of aromatic nitrogens is 1. The highest BCUT2D eigenvalue weighted by Crippen LogP contribution is 2.28. The molecule has 2 aromatic rings. The van der Waals surface area contributed by atoms with Crippen molar-refractivity contribution in [1.82, 2.24) is 15.2 Å². The number of hydrogen-bond donors (Lipinski definition) is 1. The van der Waals surface area contributed by atoms with Gasteiger partial charge in [0.05, 0.1) is 17.8 Å². The highest BCUT2D eigenvalue weighted by atomic mass is 16.4. The number of piperidine rings is 3. The molecule has 1 unspecified atom stereocenters. The second-order valence-corrected chi connectivity index (χ2v) is 6.44. The molecule has 2 bridgehead atoms. The van der Waals surface area contributed by atoms with Gasteiger partial charge in [0.25, 0.3) is 5.89 Å². The van der Waals surface area contributed by atoms with E-state index in [1.54, 1.807) is 18.2 Å². The van der Waals surface area contributed by atoms with Gasteiger partial charge in [0.2, 0.25) is 0 Å². The molecule has 6 heteroatoms. The van der Waals surface area contributed by atoms with E-state index in [0.717, 1.165) is 38.0 Å². The minimum atomic E-state index is -0.267. The summed E-state index contributed by atoms with van der Waals surface area (Å²) in [6.07, 6.45) is 3.81. The first-order valence-corrected chi connectivity index (χ1v) is 8.22. The van der Waals surface area contributed by atoms with E-state index in [1.807, 2.05) is 6.07 Å². The summed E-state index contributed by atoms with van der Waals surface area (Å²) in [5.74, 6) is 0.854. The number of fused-ring (bicyclic) bond motifs is 3. The maximum atomic E-state index is 12.4. The number of benzene rings is 1.